The molecule has 0 aliphatic heterocycles. The third-order valence-corrected chi connectivity index (χ3v) is 6.35. The number of hydrogen-bond donors (Lipinski definition) is 6. The van der Waals surface area contributed by atoms with Crippen LogP contribution in [0, 0.1) is 0 Å². The molecular formula is C22H54O8Si2. The largest absolute Gasteiger partial charge is 0.412 e. The van der Waals surface area contributed by atoms with Gasteiger partial charge in [-0.1, -0.05) is 27.7 Å². The van der Waals surface area contributed by atoms with Crippen molar-refractivity contribution in [3.8, 4) is 0 Å². The van der Waals surface area contributed by atoms with Gasteiger partial charge in [-0.25, -0.2) is 0 Å². The zero-order chi connectivity index (χ0) is 26.1. The Kier molecular flexibility index (Phi) is 22.3. The van der Waals surface area contributed by atoms with Gasteiger partial charge >= 0.3 is 0 Å². The van der Waals surface area contributed by atoms with Gasteiger partial charge in [0.25, 0.3) is 0 Å². The molecule has 0 saturated heterocycles. The maximum Gasteiger partial charge on any atom is 0.184 e. The summed E-state index contributed by atoms with van der Waals surface area (Å²) in [4.78, 5) is 0. The molecule has 0 rings (SSSR count). The van der Waals surface area contributed by atoms with Crippen LogP contribution in [0.2, 0.25) is 39.3 Å². The van der Waals surface area contributed by atoms with Crippen LogP contribution in [-0.4, -0.2) is 97.1 Å². The molecule has 0 saturated carbocycles. The highest BCUT2D eigenvalue weighted by Crippen LogP contribution is 2.21. The lowest BCUT2D eigenvalue weighted by Gasteiger charge is -2.35. The first-order valence-corrected chi connectivity index (χ1v) is 18.6. The van der Waals surface area contributed by atoms with Gasteiger partial charge < -0.3 is 39.5 Å². The first-order chi connectivity index (χ1) is 14.5. The van der Waals surface area contributed by atoms with Crippen molar-refractivity contribution in [2.75, 3.05) is 13.2 Å². The molecule has 6 atom stereocenters. The Bertz CT molecular complexity index is 362. The van der Waals surface area contributed by atoms with Gasteiger partial charge in [0.1, 0.15) is 12.2 Å². The van der Waals surface area contributed by atoms with Crippen LogP contribution in [0.25, 0.3) is 0 Å². The third-order valence-electron chi connectivity index (χ3n) is 4.33. The Labute approximate surface area is 198 Å². The summed E-state index contributed by atoms with van der Waals surface area (Å²) in [6.07, 6.45) is 0.427. The summed E-state index contributed by atoms with van der Waals surface area (Å²) in [5.74, 6) is 0. The fourth-order valence-electron chi connectivity index (χ4n) is 2.54. The van der Waals surface area contributed by atoms with Gasteiger partial charge in [0, 0.05) is 0 Å². The molecule has 0 radical (unpaired) electrons. The summed E-state index contributed by atoms with van der Waals surface area (Å²) in [7, 11) is -2.92. The lowest BCUT2D eigenvalue weighted by molar-refractivity contribution is -0.0388. The Morgan fingerprint density at radius 3 is 0.875 bits per heavy atom. The summed E-state index contributed by atoms with van der Waals surface area (Å²) < 4.78 is 12.4. The molecule has 8 nitrogen and oxygen atoms in total. The summed E-state index contributed by atoms with van der Waals surface area (Å²) in [5.41, 5.74) is 0. The second kappa shape index (κ2) is 19.4. The molecule has 0 aliphatic carbocycles. The molecule has 0 fully saturated rings. The lowest BCUT2D eigenvalue weighted by atomic mass is 10.1. The smallest absolute Gasteiger partial charge is 0.184 e. The van der Waals surface area contributed by atoms with E-state index in [2.05, 4.69) is 53.1 Å². The predicted molar refractivity (Wildman–Crippen MR) is 136 cm³/mol. The van der Waals surface area contributed by atoms with E-state index in [1.165, 1.54) is 0 Å². The van der Waals surface area contributed by atoms with Crippen LogP contribution in [0.5, 0.6) is 0 Å². The Morgan fingerprint density at radius 2 is 0.750 bits per heavy atom. The van der Waals surface area contributed by atoms with Gasteiger partial charge in [-0.15, -0.1) is 0 Å². The van der Waals surface area contributed by atoms with Gasteiger partial charge in [-0.05, 0) is 65.0 Å². The SMILES string of the molecule is CCC(O)C(O)CC.CCC(O[Si](C)(C)C)C(CC)O[Si](C)(C)C.OCC(O)C(O)CO. The number of aliphatic hydroxyl groups is 6. The van der Waals surface area contributed by atoms with Crippen molar-refractivity contribution < 1.29 is 39.5 Å². The van der Waals surface area contributed by atoms with Crippen molar-refractivity contribution in [2.45, 2.75) is 129 Å². The standard InChI is InChI=1S/C12H30O2Si2.C6H14O2.C4H10O4/c1-9-11(13-15(3,4)5)12(10-2)14-16(6,7)8;1-3-5(7)6(8)4-2;5-1-3(7)4(8)2-6/h11-12H,9-10H2,1-8H3;5-8H,3-4H2,1-2H3;3-8H,1-2H2. The van der Waals surface area contributed by atoms with E-state index in [4.69, 9.17) is 39.5 Å². The molecule has 0 aromatic rings. The van der Waals surface area contributed by atoms with Crippen molar-refractivity contribution in [3.63, 3.8) is 0 Å². The second-order valence-corrected chi connectivity index (χ2v) is 18.7. The van der Waals surface area contributed by atoms with E-state index in [1.807, 2.05) is 13.8 Å². The van der Waals surface area contributed by atoms with E-state index in [-0.39, 0.29) is 12.2 Å². The molecule has 0 heterocycles. The molecule has 6 unspecified atom stereocenters. The Balaban J connectivity index is -0.000000441. The van der Waals surface area contributed by atoms with E-state index in [0.29, 0.717) is 12.8 Å². The van der Waals surface area contributed by atoms with E-state index in [9.17, 15) is 0 Å². The third kappa shape index (κ3) is 21.9. The Hall–Kier alpha value is 0.114. The lowest BCUT2D eigenvalue weighted by Crippen LogP contribution is -2.44. The van der Waals surface area contributed by atoms with Crippen LogP contribution in [0.4, 0.5) is 0 Å². The molecule has 6 N–H and O–H groups in total. The number of rotatable bonds is 13. The monoisotopic (exact) mass is 502 g/mol. The summed E-state index contributed by atoms with van der Waals surface area (Å²) >= 11 is 0. The van der Waals surface area contributed by atoms with Crippen LogP contribution in [0.1, 0.15) is 53.4 Å². The van der Waals surface area contributed by atoms with Gasteiger partial charge in [0.15, 0.2) is 16.6 Å². The summed E-state index contributed by atoms with van der Waals surface area (Å²) in [6.45, 7) is 20.5. The van der Waals surface area contributed by atoms with Crippen LogP contribution in [0.15, 0.2) is 0 Å². The van der Waals surface area contributed by atoms with Gasteiger partial charge in [-0.3, -0.25) is 0 Å². The quantitative estimate of drug-likeness (QED) is 0.211. The minimum Gasteiger partial charge on any atom is -0.412 e. The molecule has 0 aliphatic rings. The molecule has 0 bridgehead atoms. The zero-order valence-electron chi connectivity index (χ0n) is 22.2. The minimum atomic E-state index is -1.46. The maximum atomic E-state index is 8.88. The topological polar surface area (TPSA) is 140 Å². The summed E-state index contributed by atoms with van der Waals surface area (Å²) in [5, 5.41) is 50.9. The van der Waals surface area contributed by atoms with Crippen molar-refractivity contribution >= 4 is 16.6 Å². The van der Waals surface area contributed by atoms with Crippen molar-refractivity contribution in [2.24, 2.45) is 0 Å². The highest BCUT2D eigenvalue weighted by molar-refractivity contribution is 6.70. The fourth-order valence-corrected chi connectivity index (χ4v) is 4.99. The average molecular weight is 503 g/mol. The van der Waals surface area contributed by atoms with E-state index >= 15 is 0 Å². The number of aliphatic hydroxyl groups excluding tert-OH is 6. The molecular weight excluding hydrogens is 448 g/mol. The van der Waals surface area contributed by atoms with Crippen LogP contribution < -0.4 is 0 Å². The van der Waals surface area contributed by atoms with E-state index in [0.717, 1.165) is 12.8 Å². The highest BCUT2D eigenvalue weighted by atomic mass is 28.4. The van der Waals surface area contributed by atoms with Crippen LogP contribution >= 0.6 is 0 Å². The molecule has 0 aromatic heterocycles. The van der Waals surface area contributed by atoms with Gasteiger partial charge in [-0.2, -0.15) is 0 Å². The van der Waals surface area contributed by atoms with Gasteiger partial charge in [0.2, 0.25) is 0 Å². The normalized spacial score (nSPS) is 17.6. The summed E-state index contributed by atoms with van der Waals surface area (Å²) in [6, 6.07) is 0. The number of hydrogen-bond acceptors (Lipinski definition) is 8. The predicted octanol–water partition coefficient (Wildman–Crippen LogP) is 2.47. The molecule has 10 heteroatoms. The molecule has 32 heavy (non-hydrogen) atoms. The van der Waals surface area contributed by atoms with Crippen molar-refractivity contribution in [1.82, 2.24) is 0 Å². The minimum absolute atomic E-state index is 0.281. The average Bonchev–Trinajstić information content (AvgIpc) is 2.72. The molecule has 0 aromatic carbocycles. The Morgan fingerprint density at radius 1 is 0.500 bits per heavy atom. The van der Waals surface area contributed by atoms with E-state index < -0.39 is 54.3 Å². The molecule has 0 amide bonds. The van der Waals surface area contributed by atoms with E-state index in [1.54, 1.807) is 0 Å². The maximum absolute atomic E-state index is 8.88. The first kappa shape index (κ1) is 36.7. The van der Waals surface area contributed by atoms with Crippen molar-refractivity contribution in [1.29, 1.82) is 0 Å². The van der Waals surface area contributed by atoms with Crippen LogP contribution in [0.3, 0.4) is 0 Å². The van der Waals surface area contributed by atoms with Crippen LogP contribution in [-0.2, 0) is 8.85 Å². The zero-order valence-corrected chi connectivity index (χ0v) is 24.2. The highest BCUT2D eigenvalue weighted by Gasteiger charge is 2.29. The molecule has 198 valence electrons. The fraction of sp³-hybridized carbons (Fsp3) is 1.00. The first-order valence-electron chi connectivity index (χ1n) is 11.8. The van der Waals surface area contributed by atoms with Crippen molar-refractivity contribution in [3.05, 3.63) is 0 Å². The second-order valence-electron chi connectivity index (χ2n) is 9.80. The molecule has 0 spiro atoms. The van der Waals surface area contributed by atoms with Gasteiger partial charge in [0.05, 0.1) is 37.6 Å².